The Kier molecular flexibility index (Phi) is 6.52. The molecule has 2 rings (SSSR count). The summed E-state index contributed by atoms with van der Waals surface area (Å²) in [7, 11) is 5.68. The topological polar surface area (TPSA) is 62.2 Å². The van der Waals surface area contributed by atoms with E-state index < -0.39 is 0 Å². The summed E-state index contributed by atoms with van der Waals surface area (Å²) in [5.41, 5.74) is 3.16. The van der Waals surface area contributed by atoms with Crippen molar-refractivity contribution in [2.24, 2.45) is 7.05 Å². The number of nitrogens with zero attached hydrogens (tertiary/aromatic N) is 3. The zero-order chi connectivity index (χ0) is 17.5. The first-order valence-corrected chi connectivity index (χ1v) is 8.23. The number of amides is 1. The number of rotatable bonds is 8. The standard InChI is InChI=1S/C18H27N5O/c1-5-17(15-11-20-23(4)12-15)19-10-14-7-6-8-16(9-14)21-18(24)13-22(2)3/h6-9,11-12,17,19H,5,10,13H2,1-4H3,(H,21,24)/t17-/m1/s1. The summed E-state index contributed by atoms with van der Waals surface area (Å²) in [6, 6.07) is 8.22. The van der Waals surface area contributed by atoms with Crippen molar-refractivity contribution < 1.29 is 4.79 Å². The quantitative estimate of drug-likeness (QED) is 0.779. The van der Waals surface area contributed by atoms with E-state index in [1.54, 1.807) is 0 Å². The van der Waals surface area contributed by atoms with Crippen molar-refractivity contribution >= 4 is 11.6 Å². The van der Waals surface area contributed by atoms with E-state index in [0.29, 0.717) is 6.54 Å². The van der Waals surface area contributed by atoms with Crippen molar-refractivity contribution in [3.8, 4) is 0 Å². The summed E-state index contributed by atoms with van der Waals surface area (Å²) in [4.78, 5) is 13.7. The fourth-order valence-electron chi connectivity index (χ4n) is 2.61. The number of anilines is 1. The molecular weight excluding hydrogens is 302 g/mol. The highest BCUT2D eigenvalue weighted by Gasteiger charge is 2.11. The summed E-state index contributed by atoms with van der Waals surface area (Å²) in [6.45, 7) is 3.27. The van der Waals surface area contributed by atoms with Gasteiger partial charge in [-0.1, -0.05) is 19.1 Å². The highest BCUT2D eigenvalue weighted by Crippen LogP contribution is 2.17. The number of carbonyl (C=O) groups excluding carboxylic acids is 1. The summed E-state index contributed by atoms with van der Waals surface area (Å²) < 4.78 is 1.82. The zero-order valence-electron chi connectivity index (χ0n) is 14.9. The molecule has 1 aromatic heterocycles. The molecule has 6 heteroatoms. The van der Waals surface area contributed by atoms with E-state index >= 15 is 0 Å². The predicted molar refractivity (Wildman–Crippen MR) is 96.7 cm³/mol. The lowest BCUT2D eigenvalue weighted by molar-refractivity contribution is -0.116. The van der Waals surface area contributed by atoms with Gasteiger partial charge in [-0.3, -0.25) is 9.48 Å². The highest BCUT2D eigenvalue weighted by molar-refractivity contribution is 5.92. The van der Waals surface area contributed by atoms with Crippen LogP contribution in [-0.2, 0) is 18.4 Å². The third kappa shape index (κ3) is 5.47. The van der Waals surface area contributed by atoms with Gasteiger partial charge in [0.2, 0.25) is 5.91 Å². The first kappa shape index (κ1) is 18.2. The first-order valence-electron chi connectivity index (χ1n) is 8.23. The number of likely N-dealkylation sites (N-methyl/N-ethyl adjacent to an activating group) is 1. The maximum atomic E-state index is 11.9. The van der Waals surface area contributed by atoms with Gasteiger partial charge in [-0.15, -0.1) is 0 Å². The average Bonchev–Trinajstić information content (AvgIpc) is 2.94. The Morgan fingerprint density at radius 3 is 2.79 bits per heavy atom. The SMILES string of the molecule is CC[C@@H](NCc1cccc(NC(=O)CN(C)C)c1)c1cnn(C)c1. The van der Waals surface area contributed by atoms with E-state index in [0.717, 1.165) is 24.2 Å². The molecule has 0 aliphatic heterocycles. The van der Waals surface area contributed by atoms with Gasteiger partial charge in [0.1, 0.15) is 0 Å². The van der Waals surface area contributed by atoms with Gasteiger partial charge in [-0.25, -0.2) is 0 Å². The lowest BCUT2D eigenvalue weighted by Crippen LogP contribution is -2.27. The van der Waals surface area contributed by atoms with E-state index in [1.807, 2.05) is 61.3 Å². The van der Waals surface area contributed by atoms with Gasteiger partial charge < -0.3 is 15.5 Å². The molecule has 0 unspecified atom stereocenters. The highest BCUT2D eigenvalue weighted by atomic mass is 16.2. The van der Waals surface area contributed by atoms with Crippen molar-refractivity contribution in [2.75, 3.05) is 26.0 Å². The van der Waals surface area contributed by atoms with Crippen molar-refractivity contribution in [3.05, 3.63) is 47.8 Å². The predicted octanol–water partition coefficient (Wildman–Crippen LogP) is 2.16. The number of carbonyl (C=O) groups is 1. The van der Waals surface area contributed by atoms with Crippen molar-refractivity contribution in [2.45, 2.75) is 25.9 Å². The number of benzene rings is 1. The molecule has 0 saturated heterocycles. The molecule has 2 N–H and O–H groups in total. The van der Waals surface area contributed by atoms with Crippen LogP contribution in [0.15, 0.2) is 36.7 Å². The van der Waals surface area contributed by atoms with Gasteiger partial charge >= 0.3 is 0 Å². The van der Waals surface area contributed by atoms with Gasteiger partial charge in [0.25, 0.3) is 0 Å². The maximum absolute atomic E-state index is 11.9. The molecule has 1 amide bonds. The van der Waals surface area contributed by atoms with Crippen LogP contribution in [0.3, 0.4) is 0 Å². The Balaban J connectivity index is 1.95. The second kappa shape index (κ2) is 8.61. The fraction of sp³-hybridized carbons (Fsp3) is 0.444. The molecule has 0 aliphatic rings. The van der Waals surface area contributed by atoms with Crippen molar-refractivity contribution in [1.82, 2.24) is 20.0 Å². The molecule has 0 bridgehead atoms. The molecule has 24 heavy (non-hydrogen) atoms. The van der Waals surface area contributed by atoms with Crippen LogP contribution in [0.25, 0.3) is 0 Å². The Labute approximate surface area is 143 Å². The van der Waals surface area contributed by atoms with Gasteiger partial charge in [0.15, 0.2) is 0 Å². The lowest BCUT2D eigenvalue weighted by atomic mass is 10.1. The van der Waals surface area contributed by atoms with E-state index in [2.05, 4.69) is 28.7 Å². The van der Waals surface area contributed by atoms with Crippen molar-refractivity contribution in [3.63, 3.8) is 0 Å². The third-order valence-electron chi connectivity index (χ3n) is 3.76. The average molecular weight is 329 g/mol. The van der Waals surface area contributed by atoms with E-state index in [9.17, 15) is 4.79 Å². The Bertz CT molecular complexity index is 665. The molecule has 0 fully saturated rings. The van der Waals surface area contributed by atoms with Gasteiger partial charge in [0.05, 0.1) is 12.7 Å². The lowest BCUT2D eigenvalue weighted by Gasteiger charge is -2.16. The number of hydrogen-bond donors (Lipinski definition) is 2. The second-order valence-electron chi connectivity index (χ2n) is 6.28. The Morgan fingerprint density at radius 2 is 2.17 bits per heavy atom. The summed E-state index contributed by atoms with van der Waals surface area (Å²) >= 11 is 0. The largest absolute Gasteiger partial charge is 0.325 e. The Morgan fingerprint density at radius 1 is 1.38 bits per heavy atom. The van der Waals surface area contributed by atoms with Crippen LogP contribution >= 0.6 is 0 Å². The number of nitrogens with one attached hydrogen (secondary N) is 2. The smallest absolute Gasteiger partial charge is 0.238 e. The van der Waals surface area contributed by atoms with Gasteiger partial charge in [-0.05, 0) is 38.2 Å². The minimum Gasteiger partial charge on any atom is -0.325 e. The first-order chi connectivity index (χ1) is 11.5. The minimum absolute atomic E-state index is 0.00750. The molecule has 0 aliphatic carbocycles. The monoisotopic (exact) mass is 329 g/mol. The second-order valence-corrected chi connectivity index (χ2v) is 6.28. The van der Waals surface area contributed by atoms with Crippen LogP contribution in [-0.4, -0.2) is 41.2 Å². The molecule has 1 aromatic carbocycles. The Hall–Kier alpha value is -2.18. The molecule has 0 spiro atoms. The summed E-state index contributed by atoms with van der Waals surface area (Å²) in [5.74, 6) is -0.00750. The molecular formula is C18H27N5O. The fourth-order valence-corrected chi connectivity index (χ4v) is 2.61. The van der Waals surface area contributed by atoms with Gasteiger partial charge in [-0.2, -0.15) is 5.10 Å². The molecule has 6 nitrogen and oxygen atoms in total. The number of aromatic nitrogens is 2. The van der Waals surface area contributed by atoms with Crippen LogP contribution in [0, 0.1) is 0 Å². The van der Waals surface area contributed by atoms with E-state index in [-0.39, 0.29) is 11.9 Å². The molecule has 0 saturated carbocycles. The molecule has 2 aromatic rings. The van der Waals surface area contributed by atoms with Crippen molar-refractivity contribution in [1.29, 1.82) is 0 Å². The van der Waals surface area contributed by atoms with Crippen LogP contribution in [0.2, 0.25) is 0 Å². The summed E-state index contributed by atoms with van der Waals surface area (Å²) in [5, 5.41) is 10.7. The number of hydrogen-bond acceptors (Lipinski definition) is 4. The zero-order valence-corrected chi connectivity index (χ0v) is 14.9. The summed E-state index contributed by atoms with van der Waals surface area (Å²) in [6.07, 6.45) is 4.93. The minimum atomic E-state index is -0.00750. The van der Waals surface area contributed by atoms with E-state index in [4.69, 9.17) is 0 Å². The third-order valence-corrected chi connectivity index (χ3v) is 3.76. The maximum Gasteiger partial charge on any atom is 0.238 e. The van der Waals surface area contributed by atoms with Gasteiger partial charge in [0, 0.05) is 37.1 Å². The van der Waals surface area contributed by atoms with E-state index in [1.165, 1.54) is 5.56 Å². The van der Waals surface area contributed by atoms with Crippen LogP contribution in [0.4, 0.5) is 5.69 Å². The normalized spacial score (nSPS) is 12.4. The molecule has 1 heterocycles. The van der Waals surface area contributed by atoms with Crippen LogP contribution < -0.4 is 10.6 Å². The van der Waals surface area contributed by atoms with Crippen LogP contribution in [0.5, 0.6) is 0 Å². The number of aryl methyl sites for hydroxylation is 1. The van der Waals surface area contributed by atoms with Crippen LogP contribution in [0.1, 0.15) is 30.5 Å². The molecule has 0 radical (unpaired) electrons. The molecule has 130 valence electrons. The molecule has 1 atom stereocenters.